The molecule has 3 aromatic rings. The van der Waals surface area contributed by atoms with E-state index in [1.807, 2.05) is 26.0 Å². The van der Waals surface area contributed by atoms with Gasteiger partial charge in [0.05, 0.1) is 11.1 Å². The van der Waals surface area contributed by atoms with E-state index in [9.17, 15) is 14.9 Å². The zero-order chi connectivity index (χ0) is 18.0. The predicted molar refractivity (Wildman–Crippen MR) is 95.9 cm³/mol. The van der Waals surface area contributed by atoms with Crippen molar-refractivity contribution in [1.82, 2.24) is 10.4 Å². The van der Waals surface area contributed by atoms with Crippen LogP contribution in [0.3, 0.4) is 0 Å². The summed E-state index contributed by atoms with van der Waals surface area (Å²) in [4.78, 5) is 25.6. The third-order valence-corrected chi connectivity index (χ3v) is 4.05. The van der Waals surface area contributed by atoms with Crippen LogP contribution in [0.4, 0.5) is 5.69 Å². The minimum absolute atomic E-state index is 0.00616. The number of amides is 1. The zero-order valence-electron chi connectivity index (χ0n) is 13.7. The number of H-pyrrole nitrogens is 1. The fourth-order valence-corrected chi connectivity index (χ4v) is 2.51. The lowest BCUT2D eigenvalue weighted by Gasteiger charge is -2.01. The Kier molecular flexibility index (Phi) is 4.30. The summed E-state index contributed by atoms with van der Waals surface area (Å²) in [5.74, 6) is -0.321. The van der Waals surface area contributed by atoms with Crippen LogP contribution in [-0.4, -0.2) is 22.0 Å². The van der Waals surface area contributed by atoms with Crippen LogP contribution in [0.25, 0.3) is 10.9 Å². The van der Waals surface area contributed by atoms with E-state index in [1.54, 1.807) is 18.2 Å². The number of aryl methyl sites for hydroxylation is 2. The van der Waals surface area contributed by atoms with Gasteiger partial charge in [-0.2, -0.15) is 5.10 Å². The number of non-ortho nitro benzene ring substituents is 1. The van der Waals surface area contributed by atoms with E-state index in [-0.39, 0.29) is 11.6 Å². The van der Waals surface area contributed by atoms with Crippen molar-refractivity contribution in [3.05, 3.63) is 75.0 Å². The topological polar surface area (TPSA) is 100 Å². The SMILES string of the molecule is Cc1[nH]c2ccc(C(=O)NN=Cc3ccc([N+](=O)[O-])cc3)cc2c1C. The summed E-state index contributed by atoms with van der Waals surface area (Å²) in [5.41, 5.74) is 6.80. The highest BCUT2D eigenvalue weighted by Gasteiger charge is 2.09. The molecule has 25 heavy (non-hydrogen) atoms. The fourth-order valence-electron chi connectivity index (χ4n) is 2.51. The van der Waals surface area contributed by atoms with E-state index in [4.69, 9.17) is 0 Å². The van der Waals surface area contributed by atoms with Gasteiger partial charge in [-0.1, -0.05) is 0 Å². The third-order valence-electron chi connectivity index (χ3n) is 4.05. The summed E-state index contributed by atoms with van der Waals surface area (Å²) >= 11 is 0. The van der Waals surface area contributed by atoms with Crippen molar-refractivity contribution in [2.75, 3.05) is 0 Å². The number of carbonyl (C=O) groups is 1. The van der Waals surface area contributed by atoms with Gasteiger partial charge in [-0.25, -0.2) is 5.43 Å². The molecule has 0 aliphatic carbocycles. The molecule has 0 radical (unpaired) electrons. The molecular formula is C18H16N4O3. The standard InChI is InChI=1S/C18H16N4O3/c1-11-12(2)20-17-8-5-14(9-16(11)17)18(23)21-19-10-13-3-6-15(7-4-13)22(24)25/h3-10,20H,1-2H3,(H,21,23). The number of carbonyl (C=O) groups excluding carboxylic acids is 1. The lowest BCUT2D eigenvalue weighted by atomic mass is 10.1. The number of aromatic amines is 1. The molecule has 0 atom stereocenters. The van der Waals surface area contributed by atoms with E-state index in [0.29, 0.717) is 11.1 Å². The van der Waals surface area contributed by atoms with Crippen LogP contribution in [-0.2, 0) is 0 Å². The number of nitrogens with zero attached hydrogens (tertiary/aromatic N) is 2. The fraction of sp³-hybridized carbons (Fsp3) is 0.111. The summed E-state index contributed by atoms with van der Waals surface area (Å²) in [6.07, 6.45) is 1.44. The molecule has 0 saturated heterocycles. The Hall–Kier alpha value is -3.48. The van der Waals surface area contributed by atoms with Gasteiger partial charge in [0, 0.05) is 34.3 Å². The molecule has 0 aliphatic rings. The Morgan fingerprint density at radius 2 is 1.92 bits per heavy atom. The Labute approximate surface area is 143 Å². The van der Waals surface area contributed by atoms with Gasteiger partial charge in [-0.3, -0.25) is 14.9 Å². The molecular weight excluding hydrogens is 320 g/mol. The lowest BCUT2D eigenvalue weighted by molar-refractivity contribution is -0.384. The number of nitrogens with one attached hydrogen (secondary N) is 2. The molecule has 0 spiro atoms. The van der Waals surface area contributed by atoms with Crippen molar-refractivity contribution < 1.29 is 9.72 Å². The summed E-state index contributed by atoms with van der Waals surface area (Å²) in [6, 6.07) is 11.3. The molecule has 7 nitrogen and oxygen atoms in total. The first kappa shape index (κ1) is 16.4. The number of nitro groups is 1. The van der Waals surface area contributed by atoms with Crippen LogP contribution >= 0.6 is 0 Å². The molecule has 0 aliphatic heterocycles. The summed E-state index contributed by atoms with van der Waals surface area (Å²) in [7, 11) is 0. The molecule has 0 bridgehead atoms. The number of hydrogen-bond donors (Lipinski definition) is 2. The minimum Gasteiger partial charge on any atom is -0.358 e. The largest absolute Gasteiger partial charge is 0.358 e. The van der Waals surface area contributed by atoms with Crippen molar-refractivity contribution in [2.24, 2.45) is 5.10 Å². The van der Waals surface area contributed by atoms with E-state index < -0.39 is 4.92 Å². The van der Waals surface area contributed by atoms with Gasteiger partial charge in [0.25, 0.3) is 11.6 Å². The number of benzene rings is 2. The molecule has 0 fully saturated rings. The van der Waals surface area contributed by atoms with Gasteiger partial charge in [-0.15, -0.1) is 0 Å². The first-order valence-electron chi connectivity index (χ1n) is 7.62. The van der Waals surface area contributed by atoms with Crippen LogP contribution < -0.4 is 5.43 Å². The Balaban J connectivity index is 1.71. The number of hydrogen-bond acceptors (Lipinski definition) is 4. The van der Waals surface area contributed by atoms with Crippen molar-refractivity contribution in [1.29, 1.82) is 0 Å². The normalized spacial score (nSPS) is 11.1. The van der Waals surface area contributed by atoms with Gasteiger partial charge in [0.2, 0.25) is 0 Å². The molecule has 126 valence electrons. The Morgan fingerprint density at radius 1 is 1.20 bits per heavy atom. The average molecular weight is 336 g/mol. The predicted octanol–water partition coefficient (Wildman–Crippen LogP) is 3.46. The van der Waals surface area contributed by atoms with Gasteiger partial charge in [-0.05, 0) is 55.3 Å². The van der Waals surface area contributed by atoms with Crippen LogP contribution in [0.1, 0.15) is 27.2 Å². The highest BCUT2D eigenvalue weighted by molar-refractivity contribution is 5.99. The zero-order valence-corrected chi connectivity index (χ0v) is 13.7. The Morgan fingerprint density at radius 3 is 2.60 bits per heavy atom. The van der Waals surface area contributed by atoms with Crippen molar-refractivity contribution >= 4 is 28.7 Å². The molecule has 1 amide bonds. The lowest BCUT2D eigenvalue weighted by Crippen LogP contribution is -2.17. The van der Waals surface area contributed by atoms with E-state index >= 15 is 0 Å². The number of rotatable bonds is 4. The second-order valence-corrected chi connectivity index (χ2v) is 5.68. The second kappa shape index (κ2) is 6.56. The molecule has 1 aromatic heterocycles. The van der Waals surface area contributed by atoms with Gasteiger partial charge in [0.1, 0.15) is 0 Å². The maximum absolute atomic E-state index is 12.2. The average Bonchev–Trinajstić information content (AvgIpc) is 2.89. The molecule has 1 heterocycles. The van der Waals surface area contributed by atoms with Crippen LogP contribution in [0, 0.1) is 24.0 Å². The Bertz CT molecular complexity index is 987. The molecule has 3 rings (SSSR count). The highest BCUT2D eigenvalue weighted by Crippen LogP contribution is 2.22. The third kappa shape index (κ3) is 3.40. The maximum atomic E-state index is 12.2. The number of hydrazone groups is 1. The number of aromatic nitrogens is 1. The van der Waals surface area contributed by atoms with Crippen molar-refractivity contribution in [3.8, 4) is 0 Å². The minimum atomic E-state index is -0.469. The van der Waals surface area contributed by atoms with Gasteiger partial charge in [0.15, 0.2) is 0 Å². The first-order valence-corrected chi connectivity index (χ1v) is 7.62. The van der Waals surface area contributed by atoms with E-state index in [1.165, 1.54) is 18.3 Å². The smallest absolute Gasteiger partial charge is 0.271 e. The number of nitro benzene ring substituents is 1. The van der Waals surface area contributed by atoms with Crippen molar-refractivity contribution in [3.63, 3.8) is 0 Å². The van der Waals surface area contributed by atoms with Gasteiger partial charge >= 0.3 is 0 Å². The first-order chi connectivity index (χ1) is 12.0. The summed E-state index contributed by atoms with van der Waals surface area (Å²) in [6.45, 7) is 3.99. The summed E-state index contributed by atoms with van der Waals surface area (Å²) in [5, 5.41) is 15.5. The molecule has 0 saturated carbocycles. The van der Waals surface area contributed by atoms with Crippen LogP contribution in [0.15, 0.2) is 47.6 Å². The molecule has 7 heteroatoms. The highest BCUT2D eigenvalue weighted by atomic mass is 16.6. The molecule has 2 N–H and O–H groups in total. The van der Waals surface area contributed by atoms with Crippen LogP contribution in [0.2, 0.25) is 0 Å². The second-order valence-electron chi connectivity index (χ2n) is 5.68. The van der Waals surface area contributed by atoms with Gasteiger partial charge < -0.3 is 4.98 Å². The molecule has 2 aromatic carbocycles. The maximum Gasteiger partial charge on any atom is 0.271 e. The number of fused-ring (bicyclic) bond motifs is 1. The monoisotopic (exact) mass is 336 g/mol. The van der Waals surface area contributed by atoms with Crippen LogP contribution in [0.5, 0.6) is 0 Å². The summed E-state index contributed by atoms with van der Waals surface area (Å²) < 4.78 is 0. The van der Waals surface area contributed by atoms with E-state index in [2.05, 4.69) is 15.5 Å². The quantitative estimate of drug-likeness (QED) is 0.433. The molecule has 0 unspecified atom stereocenters. The van der Waals surface area contributed by atoms with E-state index in [0.717, 1.165) is 22.2 Å². The van der Waals surface area contributed by atoms with Crippen molar-refractivity contribution in [2.45, 2.75) is 13.8 Å².